The number of primary amides is 1. The molecule has 6 heteroatoms. The zero-order valence-electron chi connectivity index (χ0n) is 12.1. The van der Waals surface area contributed by atoms with Gasteiger partial charge in [0.2, 0.25) is 5.91 Å². The van der Waals surface area contributed by atoms with Crippen LogP contribution in [0.5, 0.6) is 0 Å². The minimum Gasteiger partial charge on any atom is -0.445 e. The maximum absolute atomic E-state index is 11.7. The Kier molecular flexibility index (Phi) is 5.59. The van der Waals surface area contributed by atoms with E-state index in [1.807, 2.05) is 59.4 Å². The number of nitrogens with zero attached hydrogens (tertiary/aromatic N) is 1. The second kappa shape index (κ2) is 7.87. The topological polar surface area (TPSA) is 86.4 Å². The van der Waals surface area contributed by atoms with E-state index in [0.717, 1.165) is 5.56 Å². The molecular weight excluding hydrogens is 282 g/mol. The first-order chi connectivity index (χ1) is 10.6. The third-order valence-corrected chi connectivity index (χ3v) is 3.19. The standard InChI is InChI=1S/C16H19N3O3/c17-15(20)14(8-11-19-9-4-5-10-19)18-16(21)22-12-13-6-2-1-3-7-13/h1-7,9-10,14H,8,11-12H2,(H2,17,20)(H,18,21). The smallest absolute Gasteiger partial charge is 0.408 e. The summed E-state index contributed by atoms with van der Waals surface area (Å²) in [6.07, 6.45) is 3.52. The summed E-state index contributed by atoms with van der Waals surface area (Å²) in [6.45, 7) is 0.731. The number of amides is 2. The van der Waals surface area contributed by atoms with Crippen LogP contribution < -0.4 is 11.1 Å². The van der Waals surface area contributed by atoms with Gasteiger partial charge in [-0.25, -0.2) is 4.79 Å². The number of nitrogens with one attached hydrogen (secondary N) is 1. The number of aromatic nitrogens is 1. The predicted molar refractivity (Wildman–Crippen MR) is 81.8 cm³/mol. The lowest BCUT2D eigenvalue weighted by molar-refractivity contribution is -0.120. The number of carbonyl (C=O) groups excluding carboxylic acids is 2. The maximum atomic E-state index is 11.7. The van der Waals surface area contributed by atoms with Crippen LogP contribution in [0.3, 0.4) is 0 Å². The predicted octanol–water partition coefficient (Wildman–Crippen LogP) is 1.66. The Labute approximate surface area is 128 Å². The van der Waals surface area contributed by atoms with Crippen molar-refractivity contribution in [3.8, 4) is 0 Å². The molecule has 2 amide bonds. The Morgan fingerprint density at radius 1 is 1.14 bits per heavy atom. The lowest BCUT2D eigenvalue weighted by atomic mass is 10.2. The highest BCUT2D eigenvalue weighted by molar-refractivity contribution is 5.84. The molecule has 2 rings (SSSR count). The van der Waals surface area contributed by atoms with E-state index in [2.05, 4.69) is 5.32 Å². The number of carbonyl (C=O) groups is 2. The van der Waals surface area contributed by atoms with Crippen molar-refractivity contribution >= 4 is 12.0 Å². The summed E-state index contributed by atoms with van der Waals surface area (Å²) in [5.41, 5.74) is 6.19. The van der Waals surface area contributed by atoms with Crippen molar-refractivity contribution in [1.29, 1.82) is 0 Å². The third-order valence-electron chi connectivity index (χ3n) is 3.19. The molecule has 1 heterocycles. The van der Waals surface area contributed by atoms with Crippen molar-refractivity contribution in [2.45, 2.75) is 25.6 Å². The Bertz CT molecular complexity index is 596. The van der Waals surface area contributed by atoms with Crippen LogP contribution in [0.2, 0.25) is 0 Å². The maximum Gasteiger partial charge on any atom is 0.408 e. The molecule has 116 valence electrons. The molecule has 0 saturated carbocycles. The lowest BCUT2D eigenvalue weighted by Crippen LogP contribution is -2.45. The third kappa shape index (κ3) is 4.97. The number of aryl methyl sites for hydroxylation is 1. The molecule has 6 nitrogen and oxygen atoms in total. The van der Waals surface area contributed by atoms with Gasteiger partial charge >= 0.3 is 6.09 Å². The zero-order chi connectivity index (χ0) is 15.8. The Hall–Kier alpha value is -2.76. The number of benzene rings is 1. The molecule has 0 aliphatic carbocycles. The van der Waals surface area contributed by atoms with Gasteiger partial charge in [-0.3, -0.25) is 4.79 Å². The van der Waals surface area contributed by atoms with Crippen LogP contribution in [0.25, 0.3) is 0 Å². The van der Waals surface area contributed by atoms with Crippen LogP contribution in [0.4, 0.5) is 4.79 Å². The molecule has 0 bridgehead atoms. The van der Waals surface area contributed by atoms with Gasteiger partial charge in [0.05, 0.1) is 0 Å². The van der Waals surface area contributed by atoms with Crippen molar-refractivity contribution in [1.82, 2.24) is 9.88 Å². The Balaban J connectivity index is 1.79. The van der Waals surface area contributed by atoms with E-state index in [0.29, 0.717) is 13.0 Å². The quantitative estimate of drug-likeness (QED) is 0.815. The van der Waals surface area contributed by atoms with Crippen molar-refractivity contribution in [3.05, 3.63) is 60.4 Å². The summed E-state index contributed by atoms with van der Waals surface area (Å²) < 4.78 is 6.99. The molecule has 0 aliphatic heterocycles. The molecule has 0 saturated heterocycles. The van der Waals surface area contributed by atoms with Crippen LogP contribution in [0.1, 0.15) is 12.0 Å². The zero-order valence-corrected chi connectivity index (χ0v) is 12.1. The molecule has 22 heavy (non-hydrogen) atoms. The first kappa shape index (κ1) is 15.6. The monoisotopic (exact) mass is 301 g/mol. The van der Waals surface area contributed by atoms with Gasteiger partial charge in [0.15, 0.2) is 0 Å². The molecule has 1 aromatic heterocycles. The summed E-state index contributed by atoms with van der Waals surface area (Å²) in [4.78, 5) is 23.2. The van der Waals surface area contributed by atoms with E-state index < -0.39 is 18.0 Å². The number of rotatable bonds is 7. The minimum absolute atomic E-state index is 0.149. The van der Waals surface area contributed by atoms with E-state index in [-0.39, 0.29) is 6.61 Å². The fourth-order valence-corrected chi connectivity index (χ4v) is 1.99. The second-order valence-electron chi connectivity index (χ2n) is 4.87. The highest BCUT2D eigenvalue weighted by atomic mass is 16.5. The number of hydrogen-bond acceptors (Lipinski definition) is 3. The summed E-state index contributed by atoms with van der Waals surface area (Å²) >= 11 is 0. The SMILES string of the molecule is NC(=O)C(CCn1cccc1)NC(=O)OCc1ccccc1. The van der Waals surface area contributed by atoms with Crippen molar-refractivity contribution < 1.29 is 14.3 Å². The molecule has 1 aromatic carbocycles. The molecule has 0 radical (unpaired) electrons. The fourth-order valence-electron chi connectivity index (χ4n) is 1.99. The van der Waals surface area contributed by atoms with Crippen molar-refractivity contribution in [2.75, 3.05) is 0 Å². The van der Waals surface area contributed by atoms with Gasteiger partial charge in [0.25, 0.3) is 0 Å². The largest absolute Gasteiger partial charge is 0.445 e. The first-order valence-electron chi connectivity index (χ1n) is 7.02. The van der Waals surface area contributed by atoms with Crippen molar-refractivity contribution in [2.24, 2.45) is 5.73 Å². The van der Waals surface area contributed by atoms with Crippen LogP contribution in [0.15, 0.2) is 54.9 Å². The highest BCUT2D eigenvalue weighted by Gasteiger charge is 2.18. The van der Waals surface area contributed by atoms with E-state index in [1.165, 1.54) is 0 Å². The van der Waals surface area contributed by atoms with E-state index in [9.17, 15) is 9.59 Å². The van der Waals surface area contributed by atoms with Crippen LogP contribution in [-0.4, -0.2) is 22.6 Å². The van der Waals surface area contributed by atoms with Gasteiger partial charge in [0, 0.05) is 18.9 Å². The van der Waals surface area contributed by atoms with Gasteiger partial charge in [-0.2, -0.15) is 0 Å². The summed E-state index contributed by atoms with van der Waals surface area (Å²) in [5, 5.41) is 2.50. The van der Waals surface area contributed by atoms with Crippen molar-refractivity contribution in [3.63, 3.8) is 0 Å². The van der Waals surface area contributed by atoms with E-state index in [4.69, 9.17) is 10.5 Å². The molecule has 1 unspecified atom stereocenters. The number of hydrogen-bond donors (Lipinski definition) is 2. The fraction of sp³-hybridized carbons (Fsp3) is 0.250. The second-order valence-corrected chi connectivity index (χ2v) is 4.87. The van der Waals surface area contributed by atoms with Gasteiger partial charge in [0.1, 0.15) is 12.6 Å². The number of alkyl carbamates (subject to hydrolysis) is 1. The normalized spacial score (nSPS) is 11.6. The average Bonchev–Trinajstić information content (AvgIpc) is 3.03. The van der Waals surface area contributed by atoms with Gasteiger partial charge in [-0.15, -0.1) is 0 Å². The molecule has 0 spiro atoms. The van der Waals surface area contributed by atoms with Gasteiger partial charge in [-0.1, -0.05) is 30.3 Å². The Morgan fingerprint density at radius 2 is 1.82 bits per heavy atom. The number of ether oxygens (including phenoxy) is 1. The van der Waals surface area contributed by atoms with Gasteiger partial charge in [-0.05, 0) is 24.1 Å². The van der Waals surface area contributed by atoms with Crippen LogP contribution in [-0.2, 0) is 22.7 Å². The molecular formula is C16H19N3O3. The molecule has 0 aliphatic rings. The summed E-state index contributed by atoms with van der Waals surface area (Å²) in [5.74, 6) is -0.580. The molecule has 3 N–H and O–H groups in total. The minimum atomic E-state index is -0.759. The summed E-state index contributed by atoms with van der Waals surface area (Å²) in [6, 6.07) is 12.3. The van der Waals surface area contributed by atoms with E-state index >= 15 is 0 Å². The highest BCUT2D eigenvalue weighted by Crippen LogP contribution is 2.02. The van der Waals surface area contributed by atoms with E-state index in [1.54, 1.807) is 0 Å². The van der Waals surface area contributed by atoms with Gasteiger partial charge < -0.3 is 20.4 Å². The molecule has 2 aromatic rings. The Morgan fingerprint density at radius 3 is 2.45 bits per heavy atom. The lowest BCUT2D eigenvalue weighted by Gasteiger charge is -2.15. The molecule has 1 atom stereocenters. The summed E-state index contributed by atoms with van der Waals surface area (Å²) in [7, 11) is 0. The van der Waals surface area contributed by atoms with Crippen LogP contribution >= 0.6 is 0 Å². The molecule has 0 fully saturated rings. The number of nitrogens with two attached hydrogens (primary N) is 1. The average molecular weight is 301 g/mol. The van der Waals surface area contributed by atoms with Crippen LogP contribution in [0, 0.1) is 0 Å². The first-order valence-corrected chi connectivity index (χ1v) is 7.02.